The molecular weight excluding hydrogens is 354 g/mol. The van der Waals surface area contributed by atoms with Crippen LogP contribution in [0.25, 0.3) is 16.6 Å². The van der Waals surface area contributed by atoms with Crippen molar-refractivity contribution in [3.05, 3.63) is 74.4 Å². The maximum Gasteiger partial charge on any atom is 0.336 e. The summed E-state index contributed by atoms with van der Waals surface area (Å²) in [6.45, 7) is 5.31. The molecule has 1 aliphatic heterocycles. The summed E-state index contributed by atoms with van der Waals surface area (Å²) in [7, 11) is 0. The lowest BCUT2D eigenvalue weighted by atomic mass is 10.1. The van der Waals surface area contributed by atoms with Crippen molar-refractivity contribution in [3.63, 3.8) is 0 Å². The van der Waals surface area contributed by atoms with Crippen LogP contribution in [0, 0.1) is 13.8 Å². The van der Waals surface area contributed by atoms with Gasteiger partial charge in [-0.15, -0.1) is 0 Å². The zero-order valence-electron chi connectivity index (χ0n) is 16.1. The Kier molecular flexibility index (Phi) is 4.63. The molecular formula is C22H23N3O3. The summed E-state index contributed by atoms with van der Waals surface area (Å²) >= 11 is 0. The van der Waals surface area contributed by atoms with Crippen LogP contribution in [0.1, 0.15) is 24.0 Å². The molecule has 144 valence electrons. The number of carbonyl (C=O) groups excluding carboxylic acids is 1. The topological polar surface area (TPSA) is 64.3 Å². The van der Waals surface area contributed by atoms with E-state index in [1.54, 1.807) is 35.2 Å². The first-order valence-corrected chi connectivity index (χ1v) is 9.57. The number of aryl methyl sites for hydroxylation is 2. The molecule has 2 heterocycles. The number of carbonyl (C=O) groups is 1. The third kappa shape index (κ3) is 3.05. The van der Waals surface area contributed by atoms with E-state index in [1.807, 2.05) is 26.0 Å². The van der Waals surface area contributed by atoms with Gasteiger partial charge in [-0.2, -0.15) is 0 Å². The molecule has 2 aromatic carbocycles. The van der Waals surface area contributed by atoms with Crippen molar-refractivity contribution in [3.8, 4) is 5.69 Å². The van der Waals surface area contributed by atoms with Crippen LogP contribution in [0.2, 0.25) is 0 Å². The number of rotatable bonds is 3. The predicted octanol–water partition coefficient (Wildman–Crippen LogP) is 2.39. The van der Waals surface area contributed by atoms with Gasteiger partial charge >= 0.3 is 5.69 Å². The van der Waals surface area contributed by atoms with Gasteiger partial charge in [0.15, 0.2) is 0 Å². The van der Waals surface area contributed by atoms with Crippen molar-refractivity contribution >= 4 is 16.8 Å². The van der Waals surface area contributed by atoms with Gasteiger partial charge in [-0.1, -0.05) is 18.2 Å². The van der Waals surface area contributed by atoms with Crippen LogP contribution in [-0.2, 0) is 11.3 Å². The Labute approximate surface area is 162 Å². The molecule has 3 aromatic rings. The fourth-order valence-electron chi connectivity index (χ4n) is 3.77. The van der Waals surface area contributed by atoms with Crippen LogP contribution >= 0.6 is 0 Å². The second kappa shape index (κ2) is 7.11. The minimum absolute atomic E-state index is 0.0650. The number of hydrogen-bond acceptors (Lipinski definition) is 3. The van der Waals surface area contributed by atoms with Gasteiger partial charge < -0.3 is 4.90 Å². The standard InChI is InChI=1S/C22H23N3O3/c1-15-9-10-17(13-16(15)2)25-21(27)18-7-3-4-8-19(18)24(22(25)28)14-20(26)23-11-5-6-12-23/h3-4,7-10,13H,5-6,11-12,14H2,1-2H3. The highest BCUT2D eigenvalue weighted by Crippen LogP contribution is 2.15. The average Bonchev–Trinajstić information content (AvgIpc) is 3.23. The molecule has 0 saturated carbocycles. The van der Waals surface area contributed by atoms with Gasteiger partial charge in [0, 0.05) is 13.1 Å². The lowest BCUT2D eigenvalue weighted by Gasteiger charge is -2.18. The van der Waals surface area contributed by atoms with Crippen LogP contribution < -0.4 is 11.2 Å². The van der Waals surface area contributed by atoms with E-state index in [0.717, 1.165) is 37.1 Å². The molecule has 0 N–H and O–H groups in total. The molecule has 1 saturated heterocycles. The predicted molar refractivity (Wildman–Crippen MR) is 109 cm³/mol. The van der Waals surface area contributed by atoms with E-state index in [1.165, 1.54) is 9.13 Å². The fraction of sp³-hybridized carbons (Fsp3) is 0.318. The molecule has 0 aliphatic carbocycles. The molecule has 0 unspecified atom stereocenters. The second-order valence-corrected chi connectivity index (χ2v) is 7.38. The summed E-state index contributed by atoms with van der Waals surface area (Å²) in [6, 6.07) is 12.5. The quantitative estimate of drug-likeness (QED) is 0.704. The zero-order valence-corrected chi connectivity index (χ0v) is 16.1. The van der Waals surface area contributed by atoms with Gasteiger partial charge in [0.05, 0.1) is 16.6 Å². The summed E-state index contributed by atoms with van der Waals surface area (Å²) in [6.07, 6.45) is 1.98. The van der Waals surface area contributed by atoms with E-state index in [9.17, 15) is 14.4 Å². The van der Waals surface area contributed by atoms with E-state index in [-0.39, 0.29) is 18.0 Å². The van der Waals surface area contributed by atoms with Crippen LogP contribution in [0.4, 0.5) is 0 Å². The van der Waals surface area contributed by atoms with Gasteiger partial charge in [-0.25, -0.2) is 9.36 Å². The fourth-order valence-corrected chi connectivity index (χ4v) is 3.77. The lowest BCUT2D eigenvalue weighted by Crippen LogP contribution is -2.42. The van der Waals surface area contributed by atoms with E-state index in [0.29, 0.717) is 16.6 Å². The Bertz CT molecular complexity index is 1180. The van der Waals surface area contributed by atoms with E-state index in [4.69, 9.17) is 0 Å². The normalized spacial score (nSPS) is 14.0. The molecule has 6 heteroatoms. The molecule has 28 heavy (non-hydrogen) atoms. The number of aromatic nitrogens is 2. The highest BCUT2D eigenvalue weighted by molar-refractivity contribution is 5.82. The maximum absolute atomic E-state index is 13.3. The summed E-state index contributed by atoms with van der Waals surface area (Å²) in [5.41, 5.74) is 2.24. The largest absolute Gasteiger partial charge is 0.341 e. The lowest BCUT2D eigenvalue weighted by molar-refractivity contribution is -0.130. The molecule has 6 nitrogen and oxygen atoms in total. The van der Waals surface area contributed by atoms with Crippen LogP contribution in [0.15, 0.2) is 52.1 Å². The number of amides is 1. The van der Waals surface area contributed by atoms with Crippen molar-refractivity contribution in [1.29, 1.82) is 0 Å². The number of nitrogens with zero attached hydrogens (tertiary/aromatic N) is 3. The number of para-hydroxylation sites is 1. The van der Waals surface area contributed by atoms with Gasteiger partial charge in [0.2, 0.25) is 5.91 Å². The Balaban J connectivity index is 1.93. The van der Waals surface area contributed by atoms with Crippen LogP contribution in [-0.4, -0.2) is 33.0 Å². The maximum atomic E-state index is 13.3. The van der Waals surface area contributed by atoms with Crippen molar-refractivity contribution < 1.29 is 4.79 Å². The van der Waals surface area contributed by atoms with E-state index >= 15 is 0 Å². The average molecular weight is 377 g/mol. The molecule has 0 spiro atoms. The molecule has 1 aliphatic rings. The SMILES string of the molecule is Cc1ccc(-n2c(=O)c3ccccc3n(CC(=O)N3CCCC3)c2=O)cc1C. The summed E-state index contributed by atoms with van der Waals surface area (Å²) in [4.78, 5) is 40.9. The van der Waals surface area contributed by atoms with Gasteiger partial charge in [0.1, 0.15) is 6.54 Å². The second-order valence-electron chi connectivity index (χ2n) is 7.38. The smallest absolute Gasteiger partial charge is 0.336 e. The third-order valence-electron chi connectivity index (χ3n) is 5.55. The Morgan fingerprint density at radius 2 is 1.68 bits per heavy atom. The molecule has 4 rings (SSSR count). The first-order chi connectivity index (χ1) is 13.5. The molecule has 1 aromatic heterocycles. The molecule has 0 bridgehead atoms. The van der Waals surface area contributed by atoms with E-state index in [2.05, 4.69) is 0 Å². The Hall–Kier alpha value is -3.15. The van der Waals surface area contributed by atoms with Crippen LogP contribution in [0.3, 0.4) is 0 Å². The Morgan fingerprint density at radius 3 is 2.39 bits per heavy atom. The molecule has 0 atom stereocenters. The monoisotopic (exact) mass is 377 g/mol. The first kappa shape index (κ1) is 18.2. The minimum atomic E-state index is -0.487. The van der Waals surface area contributed by atoms with Gasteiger partial charge in [-0.3, -0.25) is 14.2 Å². The third-order valence-corrected chi connectivity index (χ3v) is 5.55. The first-order valence-electron chi connectivity index (χ1n) is 9.57. The number of benzene rings is 2. The zero-order chi connectivity index (χ0) is 19.8. The minimum Gasteiger partial charge on any atom is -0.341 e. The number of fused-ring (bicyclic) bond motifs is 1. The summed E-state index contributed by atoms with van der Waals surface area (Å²) in [5.74, 6) is -0.0879. The molecule has 1 amide bonds. The van der Waals surface area contributed by atoms with Gasteiger partial charge in [-0.05, 0) is 62.1 Å². The number of likely N-dealkylation sites (tertiary alicyclic amines) is 1. The molecule has 0 radical (unpaired) electrons. The van der Waals surface area contributed by atoms with Crippen molar-refractivity contribution in [2.24, 2.45) is 0 Å². The van der Waals surface area contributed by atoms with Crippen molar-refractivity contribution in [2.75, 3.05) is 13.1 Å². The highest BCUT2D eigenvalue weighted by atomic mass is 16.2. The molecule has 1 fully saturated rings. The summed E-state index contributed by atoms with van der Waals surface area (Å²) < 4.78 is 2.60. The van der Waals surface area contributed by atoms with Crippen LogP contribution in [0.5, 0.6) is 0 Å². The number of hydrogen-bond donors (Lipinski definition) is 0. The van der Waals surface area contributed by atoms with E-state index < -0.39 is 5.69 Å². The highest BCUT2D eigenvalue weighted by Gasteiger charge is 2.21. The summed E-state index contributed by atoms with van der Waals surface area (Å²) in [5, 5.41) is 0.426. The van der Waals surface area contributed by atoms with Gasteiger partial charge in [0.25, 0.3) is 5.56 Å². The Morgan fingerprint density at radius 1 is 0.964 bits per heavy atom. The van der Waals surface area contributed by atoms with Crippen molar-refractivity contribution in [2.45, 2.75) is 33.2 Å². The van der Waals surface area contributed by atoms with Crippen molar-refractivity contribution in [1.82, 2.24) is 14.0 Å².